The number of nitrogens with zero attached hydrogens (tertiary/aromatic N) is 6. The Bertz CT molecular complexity index is 402. The average Bonchev–Trinajstić information content (AvgIpc) is 2.63. The van der Waals surface area contributed by atoms with Crippen LogP contribution in [0.4, 0.5) is 0 Å². The van der Waals surface area contributed by atoms with Gasteiger partial charge in [-0.15, -0.1) is 0 Å². The number of rotatable bonds is 4. The second-order valence-electron chi connectivity index (χ2n) is 4.25. The highest BCUT2D eigenvalue weighted by molar-refractivity contribution is 4.94. The molecule has 0 atom stereocenters. The van der Waals surface area contributed by atoms with Gasteiger partial charge in [0.1, 0.15) is 0 Å². The van der Waals surface area contributed by atoms with Crippen molar-refractivity contribution in [3.8, 4) is 0 Å². The molecule has 0 amide bonds. The quantitative estimate of drug-likeness (QED) is 0.440. The van der Waals surface area contributed by atoms with Crippen molar-refractivity contribution in [1.29, 1.82) is 0 Å². The molecule has 0 N–H and O–H groups in total. The molecule has 2 rings (SSSR count). The van der Waals surface area contributed by atoms with Crippen LogP contribution in [0.15, 0.2) is 9.64 Å². The van der Waals surface area contributed by atoms with Crippen molar-refractivity contribution < 1.29 is 4.52 Å². The van der Waals surface area contributed by atoms with Crippen LogP contribution >= 0.6 is 0 Å². The van der Waals surface area contributed by atoms with E-state index in [-0.39, 0.29) is 12.0 Å². The van der Waals surface area contributed by atoms with Crippen molar-refractivity contribution in [3.05, 3.63) is 22.2 Å². The molecule has 0 bridgehead atoms. The maximum Gasteiger partial charge on any atom is 0.240 e. The molecule has 0 aliphatic carbocycles. The normalized spacial score (nSPS) is 17.2. The Hall–Kier alpha value is -1.59. The van der Waals surface area contributed by atoms with Gasteiger partial charge in [-0.25, -0.2) is 0 Å². The summed E-state index contributed by atoms with van der Waals surface area (Å²) in [7, 11) is 0. The van der Waals surface area contributed by atoms with Crippen molar-refractivity contribution in [3.63, 3.8) is 0 Å². The Morgan fingerprint density at radius 2 is 2.38 bits per heavy atom. The van der Waals surface area contributed by atoms with E-state index < -0.39 is 0 Å². The molecule has 0 aromatic carbocycles. The molecule has 1 saturated heterocycles. The highest BCUT2D eigenvalue weighted by atomic mass is 16.5. The van der Waals surface area contributed by atoms with Gasteiger partial charge in [-0.3, -0.25) is 4.90 Å². The molecular formula is C9H14N6O. The lowest BCUT2D eigenvalue weighted by Crippen LogP contribution is -2.48. The second kappa shape index (κ2) is 4.51. The van der Waals surface area contributed by atoms with E-state index in [1.165, 1.54) is 0 Å². The number of hydrogen-bond acceptors (Lipinski definition) is 5. The van der Waals surface area contributed by atoms with Crippen molar-refractivity contribution in [1.82, 2.24) is 15.0 Å². The van der Waals surface area contributed by atoms with Gasteiger partial charge in [0.25, 0.3) is 0 Å². The number of hydrogen-bond donors (Lipinski definition) is 0. The van der Waals surface area contributed by atoms with Gasteiger partial charge >= 0.3 is 0 Å². The molecule has 1 aromatic rings. The molecule has 16 heavy (non-hydrogen) atoms. The molecule has 0 unspecified atom stereocenters. The Balaban J connectivity index is 1.84. The summed E-state index contributed by atoms with van der Waals surface area (Å²) in [6.45, 7) is 6.22. The van der Waals surface area contributed by atoms with E-state index in [1.807, 2.05) is 13.8 Å². The first-order valence-corrected chi connectivity index (χ1v) is 5.28. The fourth-order valence-corrected chi connectivity index (χ4v) is 1.58. The highest BCUT2D eigenvalue weighted by Gasteiger charge is 2.27. The summed E-state index contributed by atoms with van der Waals surface area (Å²) in [4.78, 5) is 9.16. The predicted octanol–water partition coefficient (Wildman–Crippen LogP) is 1.69. The molecule has 1 aromatic heterocycles. The van der Waals surface area contributed by atoms with Gasteiger partial charge in [0.2, 0.25) is 5.89 Å². The van der Waals surface area contributed by atoms with Crippen molar-refractivity contribution in [2.24, 2.45) is 5.11 Å². The third-order valence-corrected chi connectivity index (χ3v) is 2.51. The first-order valence-electron chi connectivity index (χ1n) is 5.28. The maximum absolute atomic E-state index is 8.24. The highest BCUT2D eigenvalue weighted by Crippen LogP contribution is 2.16. The van der Waals surface area contributed by atoms with Crippen LogP contribution in [0.1, 0.15) is 31.5 Å². The zero-order chi connectivity index (χ0) is 11.5. The molecule has 1 fully saturated rings. The first-order chi connectivity index (χ1) is 7.69. The van der Waals surface area contributed by atoms with E-state index in [4.69, 9.17) is 10.1 Å². The molecule has 1 aliphatic rings. The van der Waals surface area contributed by atoms with Gasteiger partial charge in [-0.1, -0.05) is 24.1 Å². The van der Waals surface area contributed by atoms with Crippen LogP contribution in [-0.4, -0.2) is 34.2 Å². The summed E-state index contributed by atoms with van der Waals surface area (Å²) in [6, 6.07) is 0.0949. The van der Waals surface area contributed by atoms with Crippen molar-refractivity contribution in [2.45, 2.75) is 32.4 Å². The molecule has 7 heteroatoms. The average molecular weight is 222 g/mol. The standard InChI is InChI=1S/C9H14N6O/c1-6(2)9-11-8(16-13-9)5-15-3-7(4-15)12-14-10/h6-7H,3-5H2,1-2H3. The molecule has 0 spiro atoms. The predicted molar refractivity (Wildman–Crippen MR) is 56.6 cm³/mol. The molecule has 86 valence electrons. The third-order valence-electron chi connectivity index (χ3n) is 2.51. The number of likely N-dealkylation sites (tertiary alicyclic amines) is 1. The van der Waals surface area contributed by atoms with E-state index in [2.05, 4.69) is 25.1 Å². The number of azide groups is 1. The maximum atomic E-state index is 8.24. The van der Waals surface area contributed by atoms with Crippen LogP contribution in [0.3, 0.4) is 0 Å². The van der Waals surface area contributed by atoms with Crippen LogP contribution in [0.5, 0.6) is 0 Å². The zero-order valence-corrected chi connectivity index (χ0v) is 9.37. The van der Waals surface area contributed by atoms with E-state index in [0.717, 1.165) is 18.9 Å². The zero-order valence-electron chi connectivity index (χ0n) is 9.37. The second-order valence-corrected chi connectivity index (χ2v) is 4.25. The Morgan fingerprint density at radius 3 is 2.94 bits per heavy atom. The SMILES string of the molecule is CC(C)c1noc(CN2CC(N=[N+]=[N-])C2)n1. The van der Waals surface area contributed by atoms with Crippen molar-refractivity contribution >= 4 is 0 Å². The fourth-order valence-electron chi connectivity index (χ4n) is 1.58. The summed E-state index contributed by atoms with van der Waals surface area (Å²) >= 11 is 0. The Kier molecular flexibility index (Phi) is 3.07. The Morgan fingerprint density at radius 1 is 1.62 bits per heavy atom. The Labute approximate surface area is 93.1 Å². The van der Waals surface area contributed by atoms with E-state index in [1.54, 1.807) is 0 Å². The van der Waals surface area contributed by atoms with Crippen LogP contribution < -0.4 is 0 Å². The topological polar surface area (TPSA) is 90.9 Å². The largest absolute Gasteiger partial charge is 0.338 e. The van der Waals surface area contributed by atoms with Crippen LogP contribution in [0.2, 0.25) is 0 Å². The van der Waals surface area contributed by atoms with Gasteiger partial charge in [-0.2, -0.15) is 4.98 Å². The molecule has 7 nitrogen and oxygen atoms in total. The monoisotopic (exact) mass is 222 g/mol. The van der Waals surface area contributed by atoms with E-state index in [9.17, 15) is 0 Å². The lowest BCUT2D eigenvalue weighted by molar-refractivity contribution is 0.125. The summed E-state index contributed by atoms with van der Waals surface area (Å²) < 4.78 is 5.12. The lowest BCUT2D eigenvalue weighted by Gasteiger charge is -2.35. The van der Waals surface area contributed by atoms with E-state index >= 15 is 0 Å². The third kappa shape index (κ3) is 2.32. The molecule has 1 aliphatic heterocycles. The van der Waals surface area contributed by atoms with Gasteiger partial charge in [0, 0.05) is 23.9 Å². The number of aromatic nitrogens is 2. The van der Waals surface area contributed by atoms with Gasteiger partial charge in [-0.05, 0) is 5.53 Å². The summed E-state index contributed by atoms with van der Waals surface area (Å²) in [5, 5.41) is 7.52. The summed E-state index contributed by atoms with van der Waals surface area (Å²) in [6.07, 6.45) is 0. The lowest BCUT2D eigenvalue weighted by atomic mass is 10.1. The molecular weight excluding hydrogens is 208 g/mol. The minimum absolute atomic E-state index is 0.0949. The summed E-state index contributed by atoms with van der Waals surface area (Å²) in [5.74, 6) is 1.65. The van der Waals surface area contributed by atoms with Crippen LogP contribution in [0, 0.1) is 0 Å². The first kappa shape index (κ1) is 10.9. The fraction of sp³-hybridized carbons (Fsp3) is 0.778. The molecule has 0 radical (unpaired) electrons. The van der Waals surface area contributed by atoms with Crippen molar-refractivity contribution in [2.75, 3.05) is 13.1 Å². The molecule has 2 heterocycles. The van der Waals surface area contributed by atoms with Crippen LogP contribution in [-0.2, 0) is 6.54 Å². The van der Waals surface area contributed by atoms with Gasteiger partial charge in [0.05, 0.1) is 12.6 Å². The molecule has 0 saturated carbocycles. The van der Waals surface area contributed by atoms with E-state index in [0.29, 0.717) is 12.4 Å². The summed E-state index contributed by atoms with van der Waals surface area (Å²) in [5.41, 5.74) is 8.24. The van der Waals surface area contributed by atoms with Gasteiger partial charge < -0.3 is 4.52 Å². The smallest absolute Gasteiger partial charge is 0.240 e. The van der Waals surface area contributed by atoms with Gasteiger partial charge in [0.15, 0.2) is 5.82 Å². The minimum Gasteiger partial charge on any atom is -0.338 e. The van der Waals surface area contributed by atoms with Crippen LogP contribution in [0.25, 0.3) is 10.4 Å². The minimum atomic E-state index is 0.0949.